The molecule has 0 unspecified atom stereocenters. The Balaban J connectivity index is 1.47. The van der Waals surface area contributed by atoms with Gasteiger partial charge in [0, 0.05) is 5.56 Å². The van der Waals surface area contributed by atoms with Gasteiger partial charge in [-0.3, -0.25) is 4.79 Å². The fraction of sp³-hybridized carbons (Fsp3) is 0.111. The fourth-order valence-electron chi connectivity index (χ4n) is 2.12. The van der Waals surface area contributed by atoms with Crippen LogP contribution in [0, 0.1) is 5.82 Å². The Morgan fingerprint density at radius 3 is 2.70 bits per heavy atom. The first-order valence-electron chi connectivity index (χ1n) is 7.96. The SMILES string of the molecule is Nc1nnc(CC(=O)N/N=C/c2ccc(OCc3ccccc3F)cc2)s1. The molecule has 3 aromatic rings. The van der Waals surface area contributed by atoms with Crippen molar-refractivity contribution >= 4 is 28.6 Å². The summed E-state index contributed by atoms with van der Waals surface area (Å²) >= 11 is 1.16. The predicted molar refractivity (Wildman–Crippen MR) is 101 cm³/mol. The zero-order chi connectivity index (χ0) is 19.1. The summed E-state index contributed by atoms with van der Waals surface area (Å²) in [6, 6.07) is 13.5. The zero-order valence-electron chi connectivity index (χ0n) is 14.1. The number of nitrogens with one attached hydrogen (secondary N) is 1. The summed E-state index contributed by atoms with van der Waals surface area (Å²) in [5.41, 5.74) is 9.13. The fourth-order valence-corrected chi connectivity index (χ4v) is 2.73. The number of benzene rings is 2. The van der Waals surface area contributed by atoms with Gasteiger partial charge < -0.3 is 10.5 Å². The first-order chi connectivity index (χ1) is 13.1. The molecule has 0 bridgehead atoms. The van der Waals surface area contributed by atoms with E-state index < -0.39 is 0 Å². The Kier molecular flexibility index (Phi) is 6.06. The van der Waals surface area contributed by atoms with Gasteiger partial charge in [-0.25, -0.2) is 9.82 Å². The molecule has 0 aliphatic carbocycles. The molecule has 3 rings (SSSR count). The lowest BCUT2D eigenvalue weighted by molar-refractivity contribution is -0.120. The van der Waals surface area contributed by atoms with Crippen LogP contribution in [0.1, 0.15) is 16.1 Å². The summed E-state index contributed by atoms with van der Waals surface area (Å²) in [5.74, 6) is -0.00579. The van der Waals surface area contributed by atoms with Crippen molar-refractivity contribution in [3.63, 3.8) is 0 Å². The van der Waals surface area contributed by atoms with E-state index in [4.69, 9.17) is 10.5 Å². The molecule has 7 nitrogen and oxygen atoms in total. The molecule has 3 N–H and O–H groups in total. The van der Waals surface area contributed by atoms with Gasteiger partial charge in [-0.2, -0.15) is 5.10 Å². The van der Waals surface area contributed by atoms with Gasteiger partial charge in [0.15, 0.2) is 0 Å². The van der Waals surface area contributed by atoms with Crippen LogP contribution in [0.4, 0.5) is 9.52 Å². The number of carbonyl (C=O) groups excluding carboxylic acids is 1. The topological polar surface area (TPSA) is 102 Å². The Bertz CT molecular complexity index is 943. The molecule has 0 aliphatic rings. The van der Waals surface area contributed by atoms with Crippen LogP contribution < -0.4 is 15.9 Å². The standard InChI is InChI=1S/C18H16FN5O2S/c19-15-4-2-1-3-13(15)11-26-14-7-5-12(6-8-14)10-21-22-16(25)9-17-23-24-18(20)27-17/h1-8,10H,9,11H2,(H2,20,24)(H,22,25)/b21-10+. The van der Waals surface area contributed by atoms with E-state index in [9.17, 15) is 9.18 Å². The number of nitrogens with zero attached hydrogens (tertiary/aromatic N) is 3. The molecule has 1 heterocycles. The van der Waals surface area contributed by atoms with Crippen molar-refractivity contribution < 1.29 is 13.9 Å². The molecule has 0 fully saturated rings. The van der Waals surface area contributed by atoms with Crippen LogP contribution in [0.15, 0.2) is 53.6 Å². The van der Waals surface area contributed by atoms with Crippen molar-refractivity contribution in [1.82, 2.24) is 15.6 Å². The predicted octanol–water partition coefficient (Wildman–Crippen LogP) is 2.53. The quantitative estimate of drug-likeness (QED) is 0.481. The van der Waals surface area contributed by atoms with Gasteiger partial charge in [0.2, 0.25) is 11.0 Å². The maximum atomic E-state index is 13.6. The van der Waals surface area contributed by atoms with E-state index in [0.29, 0.717) is 21.5 Å². The Morgan fingerprint density at radius 2 is 2.00 bits per heavy atom. The van der Waals surface area contributed by atoms with Crippen LogP contribution in [-0.2, 0) is 17.8 Å². The second-order valence-electron chi connectivity index (χ2n) is 5.45. The molecule has 0 atom stereocenters. The molecule has 1 aromatic heterocycles. The molecule has 0 aliphatic heterocycles. The van der Waals surface area contributed by atoms with Gasteiger partial charge in [0.1, 0.15) is 23.2 Å². The summed E-state index contributed by atoms with van der Waals surface area (Å²) in [6.07, 6.45) is 1.57. The maximum absolute atomic E-state index is 13.6. The number of amides is 1. The second-order valence-corrected chi connectivity index (χ2v) is 6.55. The highest BCUT2D eigenvalue weighted by atomic mass is 32.1. The molecular weight excluding hydrogens is 369 g/mol. The first kappa shape index (κ1) is 18.5. The lowest BCUT2D eigenvalue weighted by atomic mass is 10.2. The van der Waals surface area contributed by atoms with Gasteiger partial charge in [0.05, 0.1) is 12.6 Å². The number of hydrazone groups is 1. The lowest BCUT2D eigenvalue weighted by Crippen LogP contribution is -2.19. The second kappa shape index (κ2) is 8.86. The Morgan fingerprint density at radius 1 is 1.22 bits per heavy atom. The summed E-state index contributed by atoms with van der Waals surface area (Å²) in [7, 11) is 0. The van der Waals surface area contributed by atoms with Crippen molar-refractivity contribution in [3.05, 3.63) is 70.5 Å². The molecule has 2 aromatic carbocycles. The van der Waals surface area contributed by atoms with Crippen molar-refractivity contribution in [1.29, 1.82) is 0 Å². The lowest BCUT2D eigenvalue weighted by Gasteiger charge is -2.07. The average Bonchev–Trinajstić information content (AvgIpc) is 3.07. The largest absolute Gasteiger partial charge is 0.489 e. The summed E-state index contributed by atoms with van der Waals surface area (Å²) in [5, 5.41) is 12.1. The third kappa shape index (κ3) is 5.58. The number of nitrogens with two attached hydrogens (primary N) is 1. The Hall–Kier alpha value is -3.33. The van der Waals surface area contributed by atoms with E-state index in [2.05, 4.69) is 20.7 Å². The van der Waals surface area contributed by atoms with E-state index in [-0.39, 0.29) is 24.8 Å². The third-order valence-corrected chi connectivity index (χ3v) is 4.18. The Labute approximate surface area is 158 Å². The maximum Gasteiger partial charge on any atom is 0.247 e. The molecule has 1 amide bonds. The minimum atomic E-state index is -0.313. The number of carbonyl (C=O) groups is 1. The van der Waals surface area contributed by atoms with Crippen LogP contribution in [-0.4, -0.2) is 22.3 Å². The van der Waals surface area contributed by atoms with Crippen LogP contribution in [0.25, 0.3) is 0 Å². The monoisotopic (exact) mass is 385 g/mol. The minimum absolute atomic E-state index is 0.0645. The van der Waals surface area contributed by atoms with E-state index in [0.717, 1.165) is 16.9 Å². The van der Waals surface area contributed by atoms with Crippen LogP contribution in [0.2, 0.25) is 0 Å². The van der Waals surface area contributed by atoms with Crippen molar-refractivity contribution in [2.75, 3.05) is 5.73 Å². The molecule has 0 saturated heterocycles. The highest BCUT2D eigenvalue weighted by Gasteiger charge is 2.07. The zero-order valence-corrected chi connectivity index (χ0v) is 14.9. The number of aromatic nitrogens is 2. The minimum Gasteiger partial charge on any atom is -0.489 e. The van der Waals surface area contributed by atoms with Gasteiger partial charge in [-0.1, -0.05) is 29.5 Å². The highest BCUT2D eigenvalue weighted by Crippen LogP contribution is 2.15. The molecule has 0 radical (unpaired) electrons. The molecule has 138 valence electrons. The first-order valence-corrected chi connectivity index (χ1v) is 8.78. The number of nitrogen functional groups attached to an aromatic ring is 1. The van der Waals surface area contributed by atoms with E-state index in [1.807, 2.05) is 0 Å². The number of rotatable bonds is 7. The molecular formula is C18H16FN5O2S. The van der Waals surface area contributed by atoms with E-state index in [1.165, 1.54) is 12.3 Å². The molecule has 27 heavy (non-hydrogen) atoms. The number of hydrogen-bond donors (Lipinski definition) is 2. The normalized spacial score (nSPS) is 10.9. The van der Waals surface area contributed by atoms with Gasteiger partial charge >= 0.3 is 0 Å². The van der Waals surface area contributed by atoms with E-state index in [1.54, 1.807) is 42.5 Å². The number of ether oxygens (including phenoxy) is 1. The number of halogens is 1. The van der Waals surface area contributed by atoms with Crippen molar-refractivity contribution in [3.8, 4) is 5.75 Å². The van der Waals surface area contributed by atoms with Gasteiger partial charge in [-0.05, 0) is 35.9 Å². The molecule has 0 saturated carbocycles. The molecule has 0 spiro atoms. The number of hydrogen-bond acceptors (Lipinski definition) is 7. The van der Waals surface area contributed by atoms with Crippen molar-refractivity contribution in [2.24, 2.45) is 5.10 Å². The summed E-state index contributed by atoms with van der Waals surface area (Å²) < 4.78 is 19.1. The van der Waals surface area contributed by atoms with Gasteiger partial charge in [-0.15, -0.1) is 10.2 Å². The van der Waals surface area contributed by atoms with Crippen molar-refractivity contribution in [2.45, 2.75) is 13.0 Å². The highest BCUT2D eigenvalue weighted by molar-refractivity contribution is 7.15. The van der Waals surface area contributed by atoms with Gasteiger partial charge in [0.25, 0.3) is 0 Å². The smallest absolute Gasteiger partial charge is 0.247 e. The summed E-state index contributed by atoms with van der Waals surface area (Å²) in [4.78, 5) is 11.7. The molecule has 9 heteroatoms. The number of anilines is 1. The van der Waals surface area contributed by atoms with Crippen LogP contribution in [0.5, 0.6) is 5.75 Å². The van der Waals surface area contributed by atoms with Crippen LogP contribution in [0.3, 0.4) is 0 Å². The average molecular weight is 385 g/mol. The van der Waals surface area contributed by atoms with Crippen LogP contribution >= 0.6 is 11.3 Å². The third-order valence-electron chi connectivity index (χ3n) is 3.43. The van der Waals surface area contributed by atoms with E-state index >= 15 is 0 Å². The summed E-state index contributed by atoms with van der Waals surface area (Å²) in [6.45, 7) is 0.145.